The van der Waals surface area contributed by atoms with Crippen molar-refractivity contribution < 1.29 is 13.3 Å². The van der Waals surface area contributed by atoms with Crippen molar-refractivity contribution in [1.29, 1.82) is 0 Å². The average Bonchev–Trinajstić information content (AvgIpc) is 3.74. The molecule has 0 saturated carbocycles. The third kappa shape index (κ3) is 3.38. The van der Waals surface area contributed by atoms with E-state index in [1.165, 1.54) is 0 Å². The molecule has 5 nitrogen and oxygen atoms in total. The zero-order valence-corrected chi connectivity index (χ0v) is 23.3. The van der Waals surface area contributed by atoms with Crippen molar-refractivity contribution >= 4 is 93.7 Å². The predicted octanol–water partition coefficient (Wildman–Crippen LogP) is 11.4. The second kappa shape index (κ2) is 8.72. The van der Waals surface area contributed by atoms with E-state index in [1.54, 1.807) is 0 Å². The average molecular weight is 567 g/mol. The molecule has 0 radical (unpaired) electrons. The summed E-state index contributed by atoms with van der Waals surface area (Å²) >= 11 is 0. The Morgan fingerprint density at radius 2 is 0.864 bits per heavy atom. The van der Waals surface area contributed by atoms with E-state index >= 15 is 0 Å². The fraction of sp³-hybridized carbons (Fsp3) is 0. The van der Waals surface area contributed by atoms with Gasteiger partial charge < -0.3 is 18.2 Å². The number of anilines is 3. The highest BCUT2D eigenvalue weighted by Gasteiger charge is 2.19. The molecule has 0 amide bonds. The molecule has 4 aromatic heterocycles. The summed E-state index contributed by atoms with van der Waals surface area (Å²) in [6.45, 7) is 0. The van der Waals surface area contributed by atoms with E-state index in [0.717, 1.165) is 93.7 Å². The third-order valence-electron chi connectivity index (χ3n) is 8.71. The summed E-state index contributed by atoms with van der Waals surface area (Å²) < 4.78 is 18.7. The first kappa shape index (κ1) is 23.5. The molecular weight excluding hydrogens is 544 g/mol. The second-order valence-electron chi connectivity index (χ2n) is 11.2. The SMILES string of the molecule is c1ccc2c(c1)oc1ccc(N(c3ccc4oc5ccccc5c4c3)c3ccc4oc5cc6cnccc6cc5c4c3)cc12. The van der Waals surface area contributed by atoms with Crippen molar-refractivity contribution in [2.45, 2.75) is 0 Å². The van der Waals surface area contributed by atoms with Gasteiger partial charge in [-0.3, -0.25) is 4.98 Å². The number of furan rings is 3. The minimum absolute atomic E-state index is 0.847. The van der Waals surface area contributed by atoms with Gasteiger partial charge in [0.05, 0.1) is 0 Å². The molecule has 0 saturated heterocycles. The van der Waals surface area contributed by atoms with Crippen LogP contribution in [0.25, 0.3) is 76.6 Å². The first-order valence-electron chi connectivity index (χ1n) is 14.6. The molecule has 0 aliphatic heterocycles. The van der Waals surface area contributed by atoms with Crippen molar-refractivity contribution in [2.75, 3.05) is 4.90 Å². The van der Waals surface area contributed by atoms with Crippen molar-refractivity contribution in [2.24, 2.45) is 0 Å². The summed E-state index contributed by atoms with van der Waals surface area (Å²) in [5, 5.41) is 8.67. The van der Waals surface area contributed by atoms with Gasteiger partial charge in [-0.05, 0) is 90.3 Å². The normalized spacial score (nSPS) is 12.1. The van der Waals surface area contributed by atoms with Crippen LogP contribution in [0.3, 0.4) is 0 Å². The molecule has 0 aliphatic rings. The minimum Gasteiger partial charge on any atom is -0.456 e. The maximum absolute atomic E-state index is 6.33. The molecule has 0 spiro atoms. The first-order valence-corrected chi connectivity index (χ1v) is 14.6. The molecule has 10 aromatic rings. The molecule has 44 heavy (non-hydrogen) atoms. The highest BCUT2D eigenvalue weighted by Crippen LogP contribution is 2.43. The maximum Gasteiger partial charge on any atom is 0.136 e. The van der Waals surface area contributed by atoms with Gasteiger partial charge in [0.1, 0.15) is 33.5 Å². The van der Waals surface area contributed by atoms with Crippen LogP contribution in [0.1, 0.15) is 0 Å². The van der Waals surface area contributed by atoms with Crippen LogP contribution < -0.4 is 4.90 Å². The van der Waals surface area contributed by atoms with Gasteiger partial charge in [0.25, 0.3) is 0 Å². The Labute approximate surface area is 250 Å². The van der Waals surface area contributed by atoms with Crippen LogP contribution in [0, 0.1) is 0 Å². The van der Waals surface area contributed by atoms with Gasteiger partial charge in [0.2, 0.25) is 0 Å². The van der Waals surface area contributed by atoms with E-state index in [-0.39, 0.29) is 0 Å². The number of nitrogens with zero attached hydrogens (tertiary/aromatic N) is 2. The van der Waals surface area contributed by atoms with Crippen LogP contribution in [0.2, 0.25) is 0 Å². The number of pyridine rings is 1. The van der Waals surface area contributed by atoms with Crippen LogP contribution in [0.15, 0.2) is 147 Å². The number of hydrogen-bond donors (Lipinski definition) is 0. The smallest absolute Gasteiger partial charge is 0.136 e. The summed E-state index contributed by atoms with van der Waals surface area (Å²) in [6.07, 6.45) is 3.70. The summed E-state index contributed by atoms with van der Waals surface area (Å²) in [7, 11) is 0. The van der Waals surface area contributed by atoms with E-state index in [0.29, 0.717) is 0 Å². The quantitative estimate of drug-likeness (QED) is 0.213. The van der Waals surface area contributed by atoms with Gasteiger partial charge in [-0.1, -0.05) is 36.4 Å². The van der Waals surface area contributed by atoms with E-state index in [9.17, 15) is 0 Å². The largest absolute Gasteiger partial charge is 0.456 e. The standard InChI is InChI=1S/C39H22N2O3/c1-3-7-34-28(5-1)31-19-25(9-12-36(31)42-34)41(26-10-13-37-32(20-26)29-6-2-4-8-35(29)43-37)27-11-14-38-33(21-27)30-17-23-15-16-40-22-24(23)18-39(30)44-38/h1-22H. The van der Waals surface area contributed by atoms with Gasteiger partial charge >= 0.3 is 0 Å². The van der Waals surface area contributed by atoms with Crippen LogP contribution in [-0.2, 0) is 0 Å². The number of rotatable bonds is 3. The molecule has 206 valence electrons. The molecule has 5 heteroatoms. The summed E-state index contributed by atoms with van der Waals surface area (Å²) in [5.74, 6) is 0. The lowest BCUT2D eigenvalue weighted by Crippen LogP contribution is -2.09. The van der Waals surface area contributed by atoms with E-state index in [1.807, 2.05) is 42.7 Å². The molecule has 0 fully saturated rings. The highest BCUT2D eigenvalue weighted by molar-refractivity contribution is 6.12. The number of para-hydroxylation sites is 2. The van der Waals surface area contributed by atoms with Gasteiger partial charge in [-0.2, -0.15) is 0 Å². The van der Waals surface area contributed by atoms with E-state index in [2.05, 4.69) is 101 Å². The lowest BCUT2D eigenvalue weighted by Gasteiger charge is -2.25. The van der Waals surface area contributed by atoms with Crippen LogP contribution in [0.5, 0.6) is 0 Å². The fourth-order valence-electron chi connectivity index (χ4n) is 6.64. The Morgan fingerprint density at radius 3 is 1.45 bits per heavy atom. The molecule has 0 bridgehead atoms. The third-order valence-corrected chi connectivity index (χ3v) is 8.71. The Hall–Kier alpha value is -6.07. The molecule has 4 heterocycles. The van der Waals surface area contributed by atoms with Crippen molar-refractivity contribution in [3.8, 4) is 0 Å². The topological polar surface area (TPSA) is 55.6 Å². The molecule has 0 N–H and O–H groups in total. The monoisotopic (exact) mass is 566 g/mol. The molecular formula is C39H22N2O3. The van der Waals surface area contributed by atoms with E-state index < -0.39 is 0 Å². The van der Waals surface area contributed by atoms with E-state index in [4.69, 9.17) is 13.3 Å². The lowest BCUT2D eigenvalue weighted by atomic mass is 10.1. The van der Waals surface area contributed by atoms with Crippen molar-refractivity contribution in [3.63, 3.8) is 0 Å². The zero-order valence-electron chi connectivity index (χ0n) is 23.3. The highest BCUT2D eigenvalue weighted by atomic mass is 16.3. The van der Waals surface area contributed by atoms with Crippen molar-refractivity contribution in [1.82, 2.24) is 4.98 Å². The number of aromatic nitrogens is 1. The van der Waals surface area contributed by atoms with Crippen LogP contribution >= 0.6 is 0 Å². The number of benzene rings is 6. The number of hydrogen-bond acceptors (Lipinski definition) is 5. The fourth-order valence-corrected chi connectivity index (χ4v) is 6.64. The lowest BCUT2D eigenvalue weighted by molar-refractivity contribution is 0.668. The predicted molar refractivity (Wildman–Crippen MR) is 178 cm³/mol. The molecule has 6 aromatic carbocycles. The van der Waals surface area contributed by atoms with Gasteiger partial charge in [-0.25, -0.2) is 0 Å². The first-order chi connectivity index (χ1) is 21.8. The van der Waals surface area contributed by atoms with Crippen molar-refractivity contribution in [3.05, 3.63) is 134 Å². The Morgan fingerprint density at radius 1 is 0.386 bits per heavy atom. The molecule has 0 aliphatic carbocycles. The van der Waals surface area contributed by atoms with Gasteiger partial charge in [-0.15, -0.1) is 0 Å². The Balaban J connectivity index is 1.24. The van der Waals surface area contributed by atoms with Gasteiger partial charge in [0.15, 0.2) is 0 Å². The molecule has 0 unspecified atom stereocenters. The summed E-state index contributed by atoms with van der Waals surface area (Å²) in [4.78, 5) is 6.59. The second-order valence-corrected chi connectivity index (χ2v) is 11.2. The molecule has 0 atom stereocenters. The van der Waals surface area contributed by atoms with Crippen LogP contribution in [0.4, 0.5) is 17.1 Å². The maximum atomic E-state index is 6.33. The van der Waals surface area contributed by atoms with Crippen LogP contribution in [-0.4, -0.2) is 4.98 Å². The van der Waals surface area contributed by atoms with Gasteiger partial charge in [0, 0.05) is 67.2 Å². The summed E-state index contributed by atoms with van der Waals surface area (Å²) in [6, 6.07) is 41.9. The number of fused-ring (bicyclic) bond motifs is 10. The molecule has 10 rings (SSSR count). The Kier molecular flexibility index (Phi) is 4.66. The Bertz CT molecular complexity index is 2630. The summed E-state index contributed by atoms with van der Waals surface area (Å²) in [5.41, 5.74) is 8.26. The zero-order chi connectivity index (χ0) is 28.8. The minimum atomic E-state index is 0.847.